The highest BCUT2D eigenvalue weighted by atomic mass is 16.5. The minimum atomic E-state index is -0.877. The van der Waals surface area contributed by atoms with Crippen molar-refractivity contribution in [1.29, 1.82) is 0 Å². The van der Waals surface area contributed by atoms with E-state index in [9.17, 15) is 14.4 Å². The van der Waals surface area contributed by atoms with E-state index in [2.05, 4.69) is 5.32 Å². The van der Waals surface area contributed by atoms with Gasteiger partial charge in [0.1, 0.15) is 11.8 Å². The molecule has 0 spiro atoms. The van der Waals surface area contributed by atoms with Gasteiger partial charge in [-0.3, -0.25) is 14.4 Å². The first-order valence-electron chi connectivity index (χ1n) is 14.5. The lowest BCUT2D eigenvalue weighted by Gasteiger charge is -2.32. The van der Waals surface area contributed by atoms with Crippen molar-refractivity contribution in [3.05, 3.63) is 138 Å². The highest BCUT2D eigenvalue weighted by Crippen LogP contribution is 2.53. The van der Waals surface area contributed by atoms with Crippen LogP contribution in [-0.2, 0) is 16.1 Å². The lowest BCUT2D eigenvalue weighted by Crippen LogP contribution is -2.49. The molecule has 42 heavy (non-hydrogen) atoms. The van der Waals surface area contributed by atoms with Gasteiger partial charge in [0, 0.05) is 29.5 Å². The molecule has 1 aliphatic carbocycles. The first-order chi connectivity index (χ1) is 20.6. The Morgan fingerprint density at radius 3 is 1.95 bits per heavy atom. The molecular formula is C36H34N2O4. The molecule has 2 amide bonds. The minimum absolute atomic E-state index is 0.0643. The maximum Gasteiger partial charge on any atom is 0.243 e. The monoisotopic (exact) mass is 558 g/mol. The standard InChI is InChI=1S/C36H34N2O4/c1-42-29-20-12-11-19-28(29)23-37-35(40)33-30(24-13-5-2-6-14-24)31(34(39)26-17-9-4-10-18-26)32(25-15-7-3-8-16-25)38(33)36(41)27-21-22-27/h2-20,27,30-33H,21-23H2,1H3,(H,37,40). The normalized spacial score (nSPS) is 21.5. The number of ether oxygens (including phenoxy) is 1. The zero-order valence-corrected chi connectivity index (χ0v) is 23.6. The quantitative estimate of drug-likeness (QED) is 0.258. The molecule has 1 aliphatic heterocycles. The van der Waals surface area contributed by atoms with E-state index in [1.165, 1.54) is 0 Å². The van der Waals surface area contributed by atoms with Crippen LogP contribution < -0.4 is 10.1 Å². The highest BCUT2D eigenvalue weighted by Gasteiger charge is 2.58. The van der Waals surface area contributed by atoms with E-state index in [0.29, 0.717) is 11.3 Å². The second kappa shape index (κ2) is 12.0. The zero-order valence-electron chi connectivity index (χ0n) is 23.6. The summed E-state index contributed by atoms with van der Waals surface area (Å²) in [6.45, 7) is 0.236. The smallest absolute Gasteiger partial charge is 0.243 e. The van der Waals surface area contributed by atoms with Gasteiger partial charge in [-0.1, -0.05) is 109 Å². The molecule has 4 atom stereocenters. The molecule has 6 heteroatoms. The first-order valence-corrected chi connectivity index (χ1v) is 14.5. The van der Waals surface area contributed by atoms with E-state index in [-0.39, 0.29) is 30.1 Å². The van der Waals surface area contributed by atoms with Gasteiger partial charge >= 0.3 is 0 Å². The van der Waals surface area contributed by atoms with Gasteiger partial charge in [-0.15, -0.1) is 0 Å². The number of para-hydroxylation sites is 1. The molecule has 4 aromatic rings. The highest BCUT2D eigenvalue weighted by molar-refractivity contribution is 6.02. The molecule has 212 valence electrons. The summed E-state index contributed by atoms with van der Waals surface area (Å²) in [4.78, 5) is 44.8. The largest absolute Gasteiger partial charge is 0.496 e. The van der Waals surface area contributed by atoms with Gasteiger partial charge in [-0.2, -0.15) is 0 Å². The number of hydrogen-bond acceptors (Lipinski definition) is 4. The van der Waals surface area contributed by atoms with Crippen LogP contribution in [0, 0.1) is 11.8 Å². The summed E-state index contributed by atoms with van der Waals surface area (Å²) in [6, 6.07) is 34.6. The number of carbonyl (C=O) groups is 3. The fraction of sp³-hybridized carbons (Fsp3) is 0.250. The molecule has 2 fully saturated rings. The third-order valence-electron chi connectivity index (χ3n) is 8.45. The van der Waals surface area contributed by atoms with Crippen LogP contribution in [0.1, 0.15) is 51.8 Å². The first kappa shape index (κ1) is 27.5. The van der Waals surface area contributed by atoms with Crippen molar-refractivity contribution in [1.82, 2.24) is 10.2 Å². The zero-order chi connectivity index (χ0) is 29.1. The molecule has 1 saturated carbocycles. The molecule has 6 nitrogen and oxygen atoms in total. The van der Waals surface area contributed by atoms with Crippen molar-refractivity contribution >= 4 is 17.6 Å². The fourth-order valence-corrected chi connectivity index (χ4v) is 6.34. The van der Waals surface area contributed by atoms with E-state index >= 15 is 0 Å². The van der Waals surface area contributed by atoms with E-state index in [1.807, 2.05) is 115 Å². The fourth-order valence-electron chi connectivity index (χ4n) is 6.34. The van der Waals surface area contributed by atoms with Crippen LogP contribution in [0.25, 0.3) is 0 Å². The number of nitrogens with zero attached hydrogens (tertiary/aromatic N) is 1. The molecule has 1 N–H and O–H groups in total. The van der Waals surface area contributed by atoms with E-state index < -0.39 is 23.9 Å². The predicted octanol–water partition coefficient (Wildman–Crippen LogP) is 5.96. The second-order valence-corrected chi connectivity index (χ2v) is 11.0. The maximum absolute atomic E-state index is 14.5. The molecule has 0 aromatic heterocycles. The molecule has 4 aromatic carbocycles. The third-order valence-corrected chi connectivity index (χ3v) is 8.45. The molecule has 1 heterocycles. The Morgan fingerprint density at radius 1 is 0.762 bits per heavy atom. The third kappa shape index (κ3) is 5.32. The Labute approximate surface area is 246 Å². The van der Waals surface area contributed by atoms with Crippen molar-refractivity contribution in [2.75, 3.05) is 7.11 Å². The van der Waals surface area contributed by atoms with Gasteiger partial charge in [-0.25, -0.2) is 0 Å². The summed E-state index contributed by atoms with van der Waals surface area (Å²) in [7, 11) is 1.60. The molecular weight excluding hydrogens is 524 g/mol. The number of carbonyl (C=O) groups excluding carboxylic acids is 3. The van der Waals surface area contributed by atoms with Crippen LogP contribution in [0.15, 0.2) is 115 Å². The number of amides is 2. The number of hydrogen-bond donors (Lipinski definition) is 1. The molecule has 2 aliphatic rings. The Hall–Kier alpha value is -4.71. The van der Waals surface area contributed by atoms with Crippen LogP contribution in [0.2, 0.25) is 0 Å². The maximum atomic E-state index is 14.5. The van der Waals surface area contributed by atoms with Gasteiger partial charge < -0.3 is 15.0 Å². The summed E-state index contributed by atoms with van der Waals surface area (Å²) < 4.78 is 5.50. The van der Waals surface area contributed by atoms with Crippen LogP contribution >= 0.6 is 0 Å². The van der Waals surface area contributed by atoms with Gasteiger partial charge in [0.2, 0.25) is 11.8 Å². The van der Waals surface area contributed by atoms with E-state index in [0.717, 1.165) is 29.5 Å². The van der Waals surface area contributed by atoms with Crippen molar-refractivity contribution in [3.8, 4) is 5.75 Å². The lowest BCUT2D eigenvalue weighted by atomic mass is 9.76. The molecule has 1 saturated heterocycles. The topological polar surface area (TPSA) is 75.7 Å². The van der Waals surface area contributed by atoms with E-state index in [1.54, 1.807) is 12.0 Å². The number of benzene rings is 4. The van der Waals surface area contributed by atoms with Crippen LogP contribution in [0.3, 0.4) is 0 Å². The number of Topliss-reactive ketones (excluding diaryl/α,β-unsaturated/α-hetero) is 1. The Morgan fingerprint density at radius 2 is 1.33 bits per heavy atom. The SMILES string of the molecule is COc1ccccc1CNC(=O)C1C(c2ccccc2)C(C(=O)c2ccccc2)C(c2ccccc2)N1C(=O)C1CC1. The Balaban J connectivity index is 1.49. The van der Waals surface area contributed by atoms with Crippen LogP contribution in [0.5, 0.6) is 5.75 Å². The van der Waals surface area contributed by atoms with Gasteiger partial charge in [0.05, 0.1) is 19.1 Å². The summed E-state index contributed by atoms with van der Waals surface area (Å²) in [6.07, 6.45) is 1.58. The Bertz CT molecular complexity index is 1550. The van der Waals surface area contributed by atoms with E-state index in [4.69, 9.17) is 4.74 Å². The van der Waals surface area contributed by atoms with Crippen LogP contribution in [0.4, 0.5) is 0 Å². The molecule has 6 rings (SSSR count). The van der Waals surface area contributed by atoms with Gasteiger partial charge in [0.25, 0.3) is 0 Å². The second-order valence-electron chi connectivity index (χ2n) is 11.0. The lowest BCUT2D eigenvalue weighted by molar-refractivity contribution is -0.142. The minimum Gasteiger partial charge on any atom is -0.496 e. The van der Waals surface area contributed by atoms with Crippen molar-refractivity contribution in [2.45, 2.75) is 37.4 Å². The number of likely N-dealkylation sites (tertiary alicyclic amines) is 1. The Kier molecular flexibility index (Phi) is 7.87. The number of nitrogens with one attached hydrogen (secondary N) is 1. The van der Waals surface area contributed by atoms with Crippen molar-refractivity contribution in [3.63, 3.8) is 0 Å². The average Bonchev–Trinajstić information content (AvgIpc) is 3.84. The number of rotatable bonds is 9. The number of ketones is 1. The molecule has 4 unspecified atom stereocenters. The summed E-state index contributed by atoms with van der Waals surface area (Å²) in [5.74, 6) is -1.10. The van der Waals surface area contributed by atoms with Crippen molar-refractivity contribution in [2.24, 2.45) is 11.8 Å². The average molecular weight is 559 g/mol. The van der Waals surface area contributed by atoms with Gasteiger partial charge in [-0.05, 0) is 30.0 Å². The summed E-state index contributed by atoms with van der Waals surface area (Å²) in [5, 5.41) is 3.11. The van der Waals surface area contributed by atoms with Crippen LogP contribution in [-0.4, -0.2) is 35.6 Å². The summed E-state index contributed by atoms with van der Waals surface area (Å²) in [5.41, 5.74) is 3.11. The number of methoxy groups -OCH3 is 1. The molecule has 0 radical (unpaired) electrons. The molecule has 0 bridgehead atoms. The summed E-state index contributed by atoms with van der Waals surface area (Å²) >= 11 is 0. The van der Waals surface area contributed by atoms with Crippen molar-refractivity contribution < 1.29 is 19.1 Å². The predicted molar refractivity (Wildman–Crippen MR) is 161 cm³/mol. The van der Waals surface area contributed by atoms with Gasteiger partial charge in [0.15, 0.2) is 5.78 Å².